The molecule has 5 aliphatic rings. The standard InChI is InChI=1S/C17H22O5Si/c1-23(2,3)22-14-8-11-16-13(19)5-4-12(18)15(16)10(14)9-17(11)20-6-7-21-17/h4-5,8,10-11,15-16H,6-7,9H2,1-3H3/t10-,11+,15-,16+/m1/s1. The molecule has 1 spiro atoms. The first-order chi connectivity index (χ1) is 10.8. The summed E-state index contributed by atoms with van der Waals surface area (Å²) in [7, 11) is -1.79. The molecule has 5 rings (SSSR count). The Hall–Kier alpha value is -1.24. The van der Waals surface area contributed by atoms with Crippen molar-refractivity contribution in [3.8, 4) is 0 Å². The van der Waals surface area contributed by atoms with Gasteiger partial charge in [0.1, 0.15) is 0 Å². The molecule has 0 unspecified atom stereocenters. The minimum atomic E-state index is -1.79. The van der Waals surface area contributed by atoms with Gasteiger partial charge in [-0.3, -0.25) is 9.59 Å². The smallest absolute Gasteiger partial charge is 0.241 e. The van der Waals surface area contributed by atoms with Crippen molar-refractivity contribution in [1.82, 2.24) is 0 Å². The van der Waals surface area contributed by atoms with Crippen LogP contribution in [-0.2, 0) is 23.5 Å². The highest BCUT2D eigenvalue weighted by molar-refractivity contribution is 6.70. The van der Waals surface area contributed by atoms with Crippen molar-refractivity contribution >= 4 is 19.9 Å². The fraction of sp³-hybridized carbons (Fsp3) is 0.647. The molecule has 4 aliphatic carbocycles. The van der Waals surface area contributed by atoms with Gasteiger partial charge in [-0.25, -0.2) is 0 Å². The van der Waals surface area contributed by atoms with Crippen LogP contribution >= 0.6 is 0 Å². The van der Waals surface area contributed by atoms with Crippen molar-refractivity contribution < 1.29 is 23.5 Å². The molecule has 0 aromatic heterocycles. The topological polar surface area (TPSA) is 61.8 Å². The summed E-state index contributed by atoms with van der Waals surface area (Å²) >= 11 is 0. The van der Waals surface area contributed by atoms with Crippen LogP contribution in [0.1, 0.15) is 6.42 Å². The molecule has 6 heteroatoms. The van der Waals surface area contributed by atoms with Crippen LogP contribution in [0.3, 0.4) is 0 Å². The normalized spacial score (nSPS) is 38.0. The van der Waals surface area contributed by atoms with Gasteiger partial charge in [0.15, 0.2) is 17.4 Å². The minimum Gasteiger partial charge on any atom is -0.547 e. The zero-order valence-electron chi connectivity index (χ0n) is 13.7. The van der Waals surface area contributed by atoms with E-state index >= 15 is 0 Å². The van der Waals surface area contributed by atoms with Crippen LogP contribution in [0.25, 0.3) is 0 Å². The average Bonchev–Trinajstić information content (AvgIpc) is 2.91. The van der Waals surface area contributed by atoms with Crippen LogP contribution in [0.15, 0.2) is 24.0 Å². The zero-order valence-corrected chi connectivity index (χ0v) is 14.7. The van der Waals surface area contributed by atoms with Gasteiger partial charge in [0, 0.05) is 30.1 Å². The molecule has 1 aliphatic heterocycles. The molecular weight excluding hydrogens is 312 g/mol. The summed E-state index contributed by atoms with van der Waals surface area (Å²) in [5.41, 5.74) is 0. The largest absolute Gasteiger partial charge is 0.547 e. The number of ether oxygens (including phenoxy) is 2. The van der Waals surface area contributed by atoms with Crippen LogP contribution in [0.4, 0.5) is 0 Å². The third-order valence-electron chi connectivity index (χ3n) is 5.20. The van der Waals surface area contributed by atoms with Gasteiger partial charge in [-0.15, -0.1) is 0 Å². The van der Waals surface area contributed by atoms with Gasteiger partial charge in [0.05, 0.1) is 19.0 Å². The summed E-state index contributed by atoms with van der Waals surface area (Å²) in [6, 6.07) is 0. The SMILES string of the molecule is C[Si](C)(C)OC1=C[C@H]2[C@H]3C(=O)C=CC(=O)[C@H]3[C@@H]1CC21OCCO1. The molecule has 0 amide bonds. The van der Waals surface area contributed by atoms with E-state index in [1.54, 1.807) is 0 Å². The Morgan fingerprint density at radius 1 is 1.09 bits per heavy atom. The predicted octanol–water partition coefficient (Wildman–Crippen LogP) is 2.05. The van der Waals surface area contributed by atoms with Crippen molar-refractivity contribution in [3.63, 3.8) is 0 Å². The van der Waals surface area contributed by atoms with E-state index in [0.717, 1.165) is 5.76 Å². The van der Waals surface area contributed by atoms with Crippen molar-refractivity contribution in [2.75, 3.05) is 13.2 Å². The number of carbonyl (C=O) groups is 2. The summed E-state index contributed by atoms with van der Waals surface area (Å²) < 4.78 is 18.1. The Bertz CT molecular complexity index is 623. The molecule has 0 N–H and O–H groups in total. The van der Waals surface area contributed by atoms with Crippen molar-refractivity contribution in [3.05, 3.63) is 24.0 Å². The lowest BCUT2D eigenvalue weighted by molar-refractivity contribution is -0.237. The number of carbonyl (C=O) groups excluding carboxylic acids is 2. The molecule has 1 saturated carbocycles. The van der Waals surface area contributed by atoms with Crippen molar-refractivity contribution in [2.45, 2.75) is 31.8 Å². The molecule has 2 bridgehead atoms. The molecule has 0 radical (unpaired) electrons. The lowest BCUT2D eigenvalue weighted by atomic mass is 9.55. The fourth-order valence-corrected chi connectivity index (χ4v) is 5.41. The monoisotopic (exact) mass is 334 g/mol. The molecule has 0 aromatic rings. The second-order valence-corrected chi connectivity index (χ2v) is 12.2. The van der Waals surface area contributed by atoms with Gasteiger partial charge in [-0.2, -0.15) is 0 Å². The van der Waals surface area contributed by atoms with Crippen LogP contribution in [0, 0.1) is 23.7 Å². The molecule has 0 aromatic carbocycles. The zero-order chi connectivity index (χ0) is 16.4. The highest BCUT2D eigenvalue weighted by atomic mass is 28.4. The van der Waals surface area contributed by atoms with E-state index < -0.39 is 14.1 Å². The molecule has 4 atom stereocenters. The van der Waals surface area contributed by atoms with E-state index in [0.29, 0.717) is 19.6 Å². The van der Waals surface area contributed by atoms with E-state index in [9.17, 15) is 9.59 Å². The average molecular weight is 334 g/mol. The van der Waals surface area contributed by atoms with Crippen LogP contribution < -0.4 is 0 Å². The second kappa shape index (κ2) is 4.88. The van der Waals surface area contributed by atoms with Crippen LogP contribution in [-0.4, -0.2) is 38.9 Å². The minimum absolute atomic E-state index is 0.00563. The van der Waals surface area contributed by atoms with E-state index in [1.165, 1.54) is 12.2 Å². The molecule has 1 heterocycles. The van der Waals surface area contributed by atoms with Gasteiger partial charge in [0.25, 0.3) is 0 Å². The highest BCUT2D eigenvalue weighted by Crippen LogP contribution is 2.57. The first kappa shape index (κ1) is 15.3. The van der Waals surface area contributed by atoms with Crippen LogP contribution in [0.5, 0.6) is 0 Å². The first-order valence-corrected chi connectivity index (χ1v) is 11.7. The van der Waals surface area contributed by atoms with E-state index in [-0.39, 0.29) is 35.2 Å². The van der Waals surface area contributed by atoms with Crippen molar-refractivity contribution in [1.29, 1.82) is 0 Å². The van der Waals surface area contributed by atoms with E-state index in [1.807, 2.05) is 6.08 Å². The summed E-state index contributed by atoms with van der Waals surface area (Å²) in [6.07, 6.45) is 5.46. The Morgan fingerprint density at radius 3 is 2.30 bits per heavy atom. The molecule has 2 fully saturated rings. The second-order valence-electron chi connectivity index (χ2n) is 7.82. The number of hydrogen-bond donors (Lipinski definition) is 0. The molecular formula is C17H22O5Si. The summed E-state index contributed by atoms with van der Waals surface area (Å²) in [4.78, 5) is 25.0. The maximum atomic E-state index is 12.5. The third kappa shape index (κ3) is 2.27. The van der Waals surface area contributed by atoms with Crippen LogP contribution in [0.2, 0.25) is 19.6 Å². The maximum Gasteiger partial charge on any atom is 0.241 e. The molecule has 124 valence electrons. The Morgan fingerprint density at radius 2 is 1.70 bits per heavy atom. The number of ketones is 2. The number of rotatable bonds is 2. The lowest BCUT2D eigenvalue weighted by Crippen LogP contribution is -2.60. The van der Waals surface area contributed by atoms with Crippen molar-refractivity contribution in [2.24, 2.45) is 23.7 Å². The maximum absolute atomic E-state index is 12.5. The third-order valence-corrected chi connectivity index (χ3v) is 6.05. The Balaban J connectivity index is 1.79. The van der Waals surface area contributed by atoms with E-state index in [2.05, 4.69) is 19.6 Å². The molecule has 1 saturated heterocycles. The van der Waals surface area contributed by atoms with Gasteiger partial charge in [-0.1, -0.05) is 0 Å². The summed E-state index contributed by atoms with van der Waals surface area (Å²) in [5.74, 6) is -0.918. The summed E-state index contributed by atoms with van der Waals surface area (Å²) in [6.45, 7) is 7.45. The van der Waals surface area contributed by atoms with Gasteiger partial charge < -0.3 is 13.9 Å². The van der Waals surface area contributed by atoms with Gasteiger partial charge in [0.2, 0.25) is 8.32 Å². The lowest BCUT2D eigenvalue weighted by Gasteiger charge is -2.54. The first-order valence-electron chi connectivity index (χ1n) is 8.25. The van der Waals surface area contributed by atoms with Gasteiger partial charge in [-0.05, 0) is 37.9 Å². The number of hydrogen-bond acceptors (Lipinski definition) is 5. The highest BCUT2D eigenvalue weighted by Gasteiger charge is 2.63. The Kier molecular flexibility index (Phi) is 3.24. The predicted molar refractivity (Wildman–Crippen MR) is 84.9 cm³/mol. The summed E-state index contributed by atoms with van der Waals surface area (Å²) in [5, 5.41) is 0. The Labute approximate surface area is 136 Å². The molecule has 5 nitrogen and oxygen atoms in total. The fourth-order valence-electron chi connectivity index (χ4n) is 4.49. The quantitative estimate of drug-likeness (QED) is 0.723. The van der Waals surface area contributed by atoms with E-state index in [4.69, 9.17) is 13.9 Å². The van der Waals surface area contributed by atoms with Gasteiger partial charge >= 0.3 is 0 Å². The molecule has 23 heavy (non-hydrogen) atoms. The number of allylic oxidation sites excluding steroid dienone is 3.